The van der Waals surface area contributed by atoms with Crippen molar-refractivity contribution in [3.8, 4) is 0 Å². The molecule has 0 radical (unpaired) electrons. The second-order valence-corrected chi connectivity index (χ2v) is 12.2. The summed E-state index contributed by atoms with van der Waals surface area (Å²) < 4.78 is 25.1. The van der Waals surface area contributed by atoms with Gasteiger partial charge in [-0.3, -0.25) is 4.79 Å². The molecule has 1 aliphatic heterocycles. The molecule has 1 heterocycles. The first-order valence-corrected chi connectivity index (χ1v) is 14.2. The number of hydrogen-bond donors (Lipinski definition) is 2. The number of nitrogens with zero attached hydrogens (tertiary/aromatic N) is 2. The molecule has 1 amide bonds. The monoisotopic (exact) mass is 561 g/mol. The van der Waals surface area contributed by atoms with Gasteiger partial charge in [0.15, 0.2) is 0 Å². The number of amides is 1. The fourth-order valence-corrected chi connectivity index (χ4v) is 5.39. The van der Waals surface area contributed by atoms with Crippen molar-refractivity contribution in [3.63, 3.8) is 0 Å². The summed E-state index contributed by atoms with van der Waals surface area (Å²) >= 11 is 18.4. The van der Waals surface area contributed by atoms with Crippen LogP contribution in [0, 0.1) is 0 Å². The van der Waals surface area contributed by atoms with Crippen LogP contribution in [-0.4, -0.2) is 74.2 Å². The molecule has 2 N–H and O–H groups in total. The average Bonchev–Trinajstić information content (AvgIpc) is 2.83. The molecule has 1 aliphatic rings. The van der Waals surface area contributed by atoms with Crippen LogP contribution in [0.1, 0.15) is 30.5 Å². The van der Waals surface area contributed by atoms with Gasteiger partial charge >= 0.3 is 0 Å². The molecule has 0 aromatic heterocycles. The van der Waals surface area contributed by atoms with Gasteiger partial charge in [-0.2, -0.15) is 4.31 Å². The van der Waals surface area contributed by atoms with Crippen LogP contribution >= 0.6 is 34.8 Å². The third-order valence-electron chi connectivity index (χ3n) is 6.55. The van der Waals surface area contributed by atoms with E-state index >= 15 is 0 Å². The maximum absolute atomic E-state index is 13.7. The molecule has 11 heteroatoms. The minimum absolute atomic E-state index is 0.264. The van der Waals surface area contributed by atoms with Crippen molar-refractivity contribution in [2.45, 2.75) is 24.8 Å². The maximum Gasteiger partial charge on any atom is 0.230 e. The highest BCUT2D eigenvalue weighted by molar-refractivity contribution is 7.88. The molecule has 1 unspecified atom stereocenters. The first kappa shape index (κ1) is 28.2. The molecule has 0 saturated carbocycles. The Balaban J connectivity index is 1.80. The molecule has 1 saturated heterocycles. The van der Waals surface area contributed by atoms with Gasteiger partial charge in [0.1, 0.15) is 0 Å². The zero-order chi connectivity index (χ0) is 25.8. The van der Waals surface area contributed by atoms with Crippen LogP contribution in [0.4, 0.5) is 0 Å². The molecule has 2 atom stereocenters. The summed E-state index contributed by atoms with van der Waals surface area (Å²) in [5.74, 6) is -0.264. The van der Waals surface area contributed by atoms with Crippen LogP contribution in [0.3, 0.4) is 0 Å². The molecular weight excluding hydrogens is 533 g/mol. The number of carbonyl (C=O) groups excluding carboxylic acids is 1. The summed E-state index contributed by atoms with van der Waals surface area (Å²) in [4.78, 5) is 15.8. The molecule has 192 valence electrons. The van der Waals surface area contributed by atoms with E-state index < -0.39 is 21.5 Å². The van der Waals surface area contributed by atoms with Gasteiger partial charge in [-0.05, 0) is 55.3 Å². The van der Waals surface area contributed by atoms with Crippen molar-refractivity contribution >= 4 is 50.7 Å². The van der Waals surface area contributed by atoms with Gasteiger partial charge in [0.2, 0.25) is 15.9 Å². The largest absolute Gasteiger partial charge is 0.394 e. The molecule has 2 aromatic carbocycles. The predicted molar refractivity (Wildman–Crippen MR) is 141 cm³/mol. The lowest BCUT2D eigenvalue weighted by Crippen LogP contribution is -2.50. The van der Waals surface area contributed by atoms with Crippen LogP contribution in [-0.2, 0) is 20.2 Å². The minimum Gasteiger partial charge on any atom is -0.394 e. The van der Waals surface area contributed by atoms with Gasteiger partial charge in [-0.25, -0.2) is 8.42 Å². The van der Waals surface area contributed by atoms with E-state index in [-0.39, 0.29) is 12.5 Å². The Morgan fingerprint density at radius 1 is 1.06 bits per heavy atom. The second kappa shape index (κ2) is 11.8. The first-order valence-electron chi connectivity index (χ1n) is 11.2. The average molecular weight is 563 g/mol. The number of sulfonamides is 1. The van der Waals surface area contributed by atoms with Crippen LogP contribution < -0.4 is 5.32 Å². The second-order valence-electron chi connectivity index (χ2n) is 8.97. The third kappa shape index (κ3) is 7.10. The Morgan fingerprint density at radius 2 is 1.69 bits per heavy atom. The van der Waals surface area contributed by atoms with E-state index in [4.69, 9.17) is 34.8 Å². The summed E-state index contributed by atoms with van der Waals surface area (Å²) in [6.45, 7) is 4.12. The molecule has 0 spiro atoms. The molecule has 35 heavy (non-hydrogen) atoms. The summed E-state index contributed by atoms with van der Waals surface area (Å²) in [5, 5.41) is 14.3. The summed E-state index contributed by atoms with van der Waals surface area (Å²) in [6, 6.07) is 11.5. The lowest BCUT2D eigenvalue weighted by molar-refractivity contribution is -0.127. The number of rotatable bonds is 9. The topological polar surface area (TPSA) is 90.0 Å². The smallest absolute Gasteiger partial charge is 0.230 e. The number of benzene rings is 2. The number of piperazine rings is 1. The summed E-state index contributed by atoms with van der Waals surface area (Å²) in [7, 11) is -3.22. The van der Waals surface area contributed by atoms with Crippen LogP contribution in [0.5, 0.6) is 0 Å². The fraction of sp³-hybridized carbons (Fsp3) is 0.458. The van der Waals surface area contributed by atoms with E-state index in [1.54, 1.807) is 42.5 Å². The highest BCUT2D eigenvalue weighted by Crippen LogP contribution is 2.34. The van der Waals surface area contributed by atoms with Crippen molar-refractivity contribution < 1.29 is 18.3 Å². The molecule has 7 nitrogen and oxygen atoms in total. The van der Waals surface area contributed by atoms with E-state index in [1.807, 2.05) is 6.92 Å². The standard InChI is InChI=1S/C24H30Cl3N3O4S/c1-24(18-5-8-20(26)21(27)15-18,9-10-29-11-13-30(14-12-29)35(2,33)34)23(32)28-22(16-31)17-3-6-19(25)7-4-17/h3-8,15,22,31H,9-14,16H2,1-2H3,(H,28,32)/t22-,24?/m1/s1. The van der Waals surface area contributed by atoms with Crippen LogP contribution in [0.15, 0.2) is 42.5 Å². The number of halogens is 3. The van der Waals surface area contributed by atoms with Gasteiger partial charge in [-0.15, -0.1) is 0 Å². The van der Waals surface area contributed by atoms with E-state index in [0.29, 0.717) is 59.8 Å². The van der Waals surface area contributed by atoms with E-state index in [0.717, 1.165) is 5.56 Å². The Morgan fingerprint density at radius 3 is 2.23 bits per heavy atom. The van der Waals surface area contributed by atoms with E-state index in [1.165, 1.54) is 10.6 Å². The van der Waals surface area contributed by atoms with Gasteiger partial charge < -0.3 is 15.3 Å². The normalized spacial score (nSPS) is 18.1. The highest BCUT2D eigenvalue weighted by Gasteiger charge is 2.37. The summed E-state index contributed by atoms with van der Waals surface area (Å²) in [6.07, 6.45) is 1.67. The highest BCUT2D eigenvalue weighted by atomic mass is 35.5. The van der Waals surface area contributed by atoms with Crippen molar-refractivity contribution in [1.29, 1.82) is 0 Å². The summed E-state index contributed by atoms with van der Waals surface area (Å²) in [5.41, 5.74) is 0.452. The lowest BCUT2D eigenvalue weighted by atomic mass is 9.78. The molecule has 0 bridgehead atoms. The molecule has 0 aliphatic carbocycles. The zero-order valence-electron chi connectivity index (χ0n) is 19.7. The first-order chi connectivity index (χ1) is 16.4. The molecule has 3 rings (SSSR count). The van der Waals surface area contributed by atoms with Crippen molar-refractivity contribution in [3.05, 3.63) is 68.7 Å². The predicted octanol–water partition coefficient (Wildman–Crippen LogP) is 3.72. The van der Waals surface area contributed by atoms with Crippen molar-refractivity contribution in [2.24, 2.45) is 0 Å². The van der Waals surface area contributed by atoms with Gasteiger partial charge in [0, 0.05) is 31.2 Å². The number of hydrogen-bond acceptors (Lipinski definition) is 5. The molecule has 2 aromatic rings. The van der Waals surface area contributed by atoms with Crippen molar-refractivity contribution in [2.75, 3.05) is 45.6 Å². The Kier molecular flexibility index (Phi) is 9.48. The number of aliphatic hydroxyl groups is 1. The van der Waals surface area contributed by atoms with Crippen molar-refractivity contribution in [1.82, 2.24) is 14.5 Å². The van der Waals surface area contributed by atoms with Crippen LogP contribution in [0.2, 0.25) is 15.1 Å². The Hall–Kier alpha value is -1.39. The quantitative estimate of drug-likeness (QED) is 0.486. The van der Waals surface area contributed by atoms with E-state index in [2.05, 4.69) is 10.2 Å². The lowest BCUT2D eigenvalue weighted by Gasteiger charge is -2.37. The van der Waals surface area contributed by atoms with Gasteiger partial charge in [-0.1, -0.05) is 53.0 Å². The maximum atomic E-state index is 13.7. The third-order valence-corrected chi connectivity index (χ3v) is 8.84. The SMILES string of the molecule is CC(CCN1CCN(S(C)(=O)=O)CC1)(C(=O)N[C@H](CO)c1ccc(Cl)cc1)c1ccc(Cl)c(Cl)c1. The zero-order valence-corrected chi connectivity index (χ0v) is 22.8. The number of nitrogens with one attached hydrogen (secondary N) is 1. The Labute approximate surface area is 222 Å². The van der Waals surface area contributed by atoms with Crippen LogP contribution in [0.25, 0.3) is 0 Å². The molecule has 1 fully saturated rings. The number of carbonyl (C=O) groups is 1. The fourth-order valence-electron chi connectivity index (χ4n) is 4.14. The van der Waals surface area contributed by atoms with Gasteiger partial charge in [0.05, 0.1) is 34.4 Å². The Bertz CT molecular complexity index is 1140. The minimum atomic E-state index is -3.22. The van der Waals surface area contributed by atoms with Gasteiger partial charge in [0.25, 0.3) is 0 Å². The van der Waals surface area contributed by atoms with E-state index in [9.17, 15) is 18.3 Å². The number of aliphatic hydroxyl groups excluding tert-OH is 1. The molecular formula is C24H30Cl3N3O4S.